The number of ether oxygens (including phenoxy) is 1. The summed E-state index contributed by atoms with van der Waals surface area (Å²) in [5.41, 5.74) is 3.70. The Morgan fingerprint density at radius 3 is 2.79 bits per heavy atom. The van der Waals surface area contributed by atoms with Crippen molar-refractivity contribution in [3.63, 3.8) is 0 Å². The van der Waals surface area contributed by atoms with E-state index in [0.717, 1.165) is 36.4 Å². The molecule has 5 nitrogen and oxygen atoms in total. The van der Waals surface area contributed by atoms with Crippen molar-refractivity contribution in [3.05, 3.63) is 59.2 Å². The second-order valence-electron chi connectivity index (χ2n) is 7.57. The fourth-order valence-electron chi connectivity index (χ4n) is 3.65. The van der Waals surface area contributed by atoms with Crippen molar-refractivity contribution < 1.29 is 9.53 Å². The molecule has 2 aromatic rings. The maximum Gasteiger partial charge on any atom is 0.256 e. The third-order valence-corrected chi connectivity index (χ3v) is 5.22. The van der Waals surface area contributed by atoms with Gasteiger partial charge >= 0.3 is 0 Å². The lowest BCUT2D eigenvalue weighted by Crippen LogP contribution is -2.42. The minimum atomic E-state index is 0.0504. The van der Waals surface area contributed by atoms with Crippen LogP contribution in [0.15, 0.2) is 47.6 Å². The van der Waals surface area contributed by atoms with Crippen LogP contribution in [-0.2, 0) is 0 Å². The third kappa shape index (κ3) is 4.71. The van der Waals surface area contributed by atoms with Crippen LogP contribution in [0.1, 0.15) is 34.3 Å². The minimum absolute atomic E-state index is 0.0504. The standard InChI is InChI=1S/C23H29N3O2/c1-17-7-5-9-20(13-17)28-16-19-8-6-12-26(15-19)23(27)21-14-18(2)10-11-22(21)25(4)24-3/h5,7,9-11,13-14,19H,3,6,8,12,15-16H2,1-2,4H3. The Bertz CT molecular complexity index is 849. The molecule has 1 fully saturated rings. The van der Waals surface area contributed by atoms with Crippen molar-refractivity contribution >= 4 is 18.3 Å². The number of aryl methyl sites for hydroxylation is 2. The van der Waals surface area contributed by atoms with Gasteiger partial charge in [0.15, 0.2) is 0 Å². The SMILES string of the molecule is C=NN(C)c1ccc(C)cc1C(=O)N1CCCC(COc2cccc(C)c2)C1. The fraction of sp³-hybridized carbons (Fsp3) is 0.391. The zero-order valence-corrected chi connectivity index (χ0v) is 17.0. The summed E-state index contributed by atoms with van der Waals surface area (Å²) < 4.78 is 5.99. The number of carbonyl (C=O) groups excluding carboxylic acids is 1. The van der Waals surface area contributed by atoms with E-state index < -0.39 is 0 Å². The molecule has 148 valence electrons. The summed E-state index contributed by atoms with van der Waals surface area (Å²) in [6.07, 6.45) is 2.06. The van der Waals surface area contributed by atoms with Crippen molar-refractivity contribution in [1.29, 1.82) is 0 Å². The van der Waals surface area contributed by atoms with Gasteiger partial charge < -0.3 is 9.64 Å². The highest BCUT2D eigenvalue weighted by atomic mass is 16.5. The zero-order valence-electron chi connectivity index (χ0n) is 17.0. The molecule has 1 unspecified atom stereocenters. The number of anilines is 1. The monoisotopic (exact) mass is 379 g/mol. The summed E-state index contributed by atoms with van der Waals surface area (Å²) in [6, 6.07) is 13.9. The van der Waals surface area contributed by atoms with Gasteiger partial charge in [0.2, 0.25) is 0 Å². The van der Waals surface area contributed by atoms with Gasteiger partial charge in [-0.2, -0.15) is 5.10 Å². The van der Waals surface area contributed by atoms with Crippen LogP contribution in [0.5, 0.6) is 5.75 Å². The zero-order chi connectivity index (χ0) is 20.1. The van der Waals surface area contributed by atoms with Crippen LogP contribution >= 0.6 is 0 Å². The Kier molecular flexibility index (Phi) is 6.34. The summed E-state index contributed by atoms with van der Waals surface area (Å²) in [5.74, 6) is 1.28. The number of likely N-dealkylation sites (tertiary alicyclic amines) is 1. The molecule has 0 radical (unpaired) electrons. The van der Waals surface area contributed by atoms with Crippen molar-refractivity contribution in [2.24, 2.45) is 11.0 Å². The summed E-state index contributed by atoms with van der Waals surface area (Å²) in [7, 11) is 1.81. The predicted molar refractivity (Wildman–Crippen MR) is 114 cm³/mol. The van der Waals surface area contributed by atoms with Crippen molar-refractivity contribution in [3.8, 4) is 5.75 Å². The van der Waals surface area contributed by atoms with Crippen LogP contribution in [0.25, 0.3) is 0 Å². The van der Waals surface area contributed by atoms with Crippen molar-refractivity contribution in [1.82, 2.24) is 4.90 Å². The Labute approximate surface area is 167 Å². The molecular formula is C23H29N3O2. The second kappa shape index (κ2) is 8.91. The molecule has 3 rings (SSSR count). The first kappa shape index (κ1) is 19.9. The molecule has 1 heterocycles. The van der Waals surface area contributed by atoms with Crippen LogP contribution < -0.4 is 9.75 Å². The molecule has 0 bridgehead atoms. The number of amides is 1. The molecule has 5 heteroatoms. The summed E-state index contributed by atoms with van der Waals surface area (Å²) >= 11 is 0. The molecule has 28 heavy (non-hydrogen) atoms. The van der Waals surface area contributed by atoms with Gasteiger partial charge in [-0.1, -0.05) is 23.8 Å². The molecule has 1 aliphatic heterocycles. The van der Waals surface area contributed by atoms with E-state index >= 15 is 0 Å². The highest BCUT2D eigenvalue weighted by Crippen LogP contribution is 2.26. The molecule has 1 aliphatic rings. The van der Waals surface area contributed by atoms with E-state index in [1.54, 1.807) is 5.01 Å². The number of hydrogen-bond donors (Lipinski definition) is 0. The van der Waals surface area contributed by atoms with E-state index in [2.05, 4.69) is 24.8 Å². The number of nitrogens with zero attached hydrogens (tertiary/aromatic N) is 3. The molecule has 1 atom stereocenters. The smallest absolute Gasteiger partial charge is 0.256 e. The van der Waals surface area contributed by atoms with E-state index in [0.29, 0.717) is 24.6 Å². The Morgan fingerprint density at radius 1 is 1.25 bits per heavy atom. The average Bonchev–Trinajstić information content (AvgIpc) is 2.71. The molecule has 2 aromatic carbocycles. The van der Waals surface area contributed by atoms with Gasteiger partial charge in [-0.3, -0.25) is 9.80 Å². The lowest BCUT2D eigenvalue weighted by molar-refractivity contribution is 0.0634. The summed E-state index contributed by atoms with van der Waals surface area (Å²) in [6.45, 7) is 9.75. The minimum Gasteiger partial charge on any atom is -0.493 e. The maximum atomic E-state index is 13.3. The number of carbonyl (C=O) groups is 1. The topological polar surface area (TPSA) is 45.1 Å². The number of benzene rings is 2. The molecule has 0 aromatic heterocycles. The normalized spacial score (nSPS) is 16.5. The van der Waals surface area contributed by atoms with Crippen LogP contribution in [0, 0.1) is 19.8 Å². The van der Waals surface area contributed by atoms with Crippen LogP contribution in [0.3, 0.4) is 0 Å². The maximum absolute atomic E-state index is 13.3. The Hall–Kier alpha value is -2.82. The van der Waals surface area contributed by atoms with Gasteiger partial charge in [0.25, 0.3) is 5.91 Å². The lowest BCUT2D eigenvalue weighted by atomic mass is 9.97. The van der Waals surface area contributed by atoms with Crippen LogP contribution in [0.2, 0.25) is 0 Å². The number of hydrazone groups is 1. The third-order valence-electron chi connectivity index (χ3n) is 5.22. The van der Waals surface area contributed by atoms with E-state index in [1.807, 2.05) is 55.3 Å². The highest BCUT2D eigenvalue weighted by molar-refractivity contribution is 6.00. The Balaban J connectivity index is 1.69. The molecule has 0 spiro atoms. The number of piperidine rings is 1. The van der Waals surface area contributed by atoms with E-state index in [9.17, 15) is 4.79 Å². The number of hydrogen-bond acceptors (Lipinski definition) is 4. The molecule has 1 saturated heterocycles. The van der Waals surface area contributed by atoms with Crippen LogP contribution in [-0.4, -0.2) is 44.3 Å². The molecule has 1 amide bonds. The van der Waals surface area contributed by atoms with Crippen molar-refractivity contribution in [2.45, 2.75) is 26.7 Å². The fourth-order valence-corrected chi connectivity index (χ4v) is 3.65. The van der Waals surface area contributed by atoms with Crippen LogP contribution in [0.4, 0.5) is 5.69 Å². The largest absolute Gasteiger partial charge is 0.493 e. The van der Waals surface area contributed by atoms with Crippen molar-refractivity contribution in [2.75, 3.05) is 31.8 Å². The summed E-state index contributed by atoms with van der Waals surface area (Å²) in [4.78, 5) is 15.2. The van der Waals surface area contributed by atoms with Gasteiger partial charge in [-0.15, -0.1) is 0 Å². The van der Waals surface area contributed by atoms with E-state index in [1.165, 1.54) is 5.56 Å². The van der Waals surface area contributed by atoms with Gasteiger partial charge in [0, 0.05) is 32.8 Å². The first-order valence-corrected chi connectivity index (χ1v) is 9.77. The molecule has 0 N–H and O–H groups in total. The van der Waals surface area contributed by atoms with Gasteiger partial charge in [-0.25, -0.2) is 0 Å². The van der Waals surface area contributed by atoms with Gasteiger partial charge in [-0.05, 0) is 56.5 Å². The molecule has 0 aliphatic carbocycles. The second-order valence-corrected chi connectivity index (χ2v) is 7.57. The first-order valence-electron chi connectivity index (χ1n) is 9.77. The predicted octanol–water partition coefficient (Wildman–Crippen LogP) is 4.29. The molecular weight excluding hydrogens is 350 g/mol. The summed E-state index contributed by atoms with van der Waals surface area (Å²) in [5, 5.41) is 5.60. The first-order chi connectivity index (χ1) is 13.5. The van der Waals surface area contributed by atoms with E-state index in [4.69, 9.17) is 4.74 Å². The Morgan fingerprint density at radius 2 is 2.04 bits per heavy atom. The highest BCUT2D eigenvalue weighted by Gasteiger charge is 2.27. The van der Waals surface area contributed by atoms with Gasteiger partial charge in [0.05, 0.1) is 17.9 Å². The lowest BCUT2D eigenvalue weighted by Gasteiger charge is -2.33. The quantitative estimate of drug-likeness (QED) is 0.556. The molecule has 0 saturated carbocycles. The number of rotatable bonds is 6. The van der Waals surface area contributed by atoms with E-state index in [-0.39, 0.29) is 5.91 Å². The average molecular weight is 380 g/mol. The van der Waals surface area contributed by atoms with Gasteiger partial charge in [0.1, 0.15) is 5.75 Å².